The first-order valence-electron chi connectivity index (χ1n) is 7.44. The molecule has 0 unspecified atom stereocenters. The van der Waals surface area contributed by atoms with E-state index in [2.05, 4.69) is 20.8 Å². The van der Waals surface area contributed by atoms with Crippen LogP contribution >= 0.6 is 11.6 Å². The highest BCUT2D eigenvalue weighted by atomic mass is 35.5. The fourth-order valence-electron chi connectivity index (χ4n) is 6.04. The predicted octanol–water partition coefficient (Wildman–Crippen LogP) is 4.46. The molecule has 1 spiro atoms. The van der Waals surface area contributed by atoms with Crippen LogP contribution in [0.5, 0.6) is 0 Å². The predicted molar refractivity (Wildman–Crippen MR) is 75.6 cm³/mol. The summed E-state index contributed by atoms with van der Waals surface area (Å²) in [4.78, 5) is 10.0. The minimum absolute atomic E-state index is 0.0189. The summed E-state index contributed by atoms with van der Waals surface area (Å²) in [7, 11) is 0. The van der Waals surface area contributed by atoms with Crippen molar-refractivity contribution in [3.8, 4) is 0 Å². The number of hydrogen-bond acceptors (Lipinski definition) is 2. The van der Waals surface area contributed by atoms with E-state index in [-0.39, 0.29) is 16.3 Å². The van der Waals surface area contributed by atoms with Gasteiger partial charge in [0.05, 0.1) is 0 Å². The molecule has 3 nitrogen and oxygen atoms in total. The summed E-state index contributed by atoms with van der Waals surface area (Å²) in [5.74, 6) is 0.416. The quantitative estimate of drug-likeness (QED) is 0.309. The number of hydrogen-bond donors (Lipinski definition) is 0. The Hall–Kier alpha value is -0.310. The third-order valence-corrected chi connectivity index (χ3v) is 7.69. The highest BCUT2D eigenvalue weighted by Crippen LogP contribution is 2.83. The third-order valence-electron chi connectivity index (χ3n) is 7.07. The topological polar surface area (TPSA) is 43.1 Å². The van der Waals surface area contributed by atoms with Gasteiger partial charge in [0.25, 0.3) is 5.00 Å². The van der Waals surface area contributed by atoms with Gasteiger partial charge in [-0.15, -0.1) is 0 Å². The van der Waals surface area contributed by atoms with Crippen molar-refractivity contribution in [2.75, 3.05) is 0 Å². The Morgan fingerprint density at radius 2 is 1.89 bits per heavy atom. The molecule has 3 aliphatic rings. The van der Waals surface area contributed by atoms with Crippen LogP contribution in [0.4, 0.5) is 0 Å². The lowest BCUT2D eigenvalue weighted by Gasteiger charge is -2.57. The van der Waals surface area contributed by atoms with Gasteiger partial charge in [0.1, 0.15) is 0 Å². The van der Waals surface area contributed by atoms with Crippen LogP contribution in [0.2, 0.25) is 0 Å². The first-order valence-corrected chi connectivity index (χ1v) is 7.82. The van der Waals surface area contributed by atoms with Gasteiger partial charge in [-0.05, 0) is 53.0 Å². The van der Waals surface area contributed by atoms with Crippen LogP contribution in [0.1, 0.15) is 59.8 Å². The van der Waals surface area contributed by atoms with Crippen molar-refractivity contribution in [2.24, 2.45) is 28.1 Å². The monoisotopic (exact) mass is 285 g/mol. The van der Waals surface area contributed by atoms with Gasteiger partial charge in [0, 0.05) is 17.3 Å². The van der Waals surface area contributed by atoms with Gasteiger partial charge in [0.15, 0.2) is 0 Å². The normalized spacial score (nSPS) is 55.0. The molecule has 3 saturated carbocycles. The molecule has 0 heterocycles. The first-order chi connectivity index (χ1) is 8.61. The van der Waals surface area contributed by atoms with Gasteiger partial charge >= 0.3 is 0 Å². The lowest BCUT2D eigenvalue weighted by Crippen LogP contribution is -2.57. The summed E-state index contributed by atoms with van der Waals surface area (Å²) >= 11 is 6.48. The minimum Gasteiger partial charge on any atom is -0.263 e. The average Bonchev–Trinajstić information content (AvgIpc) is 3.01. The number of halogens is 1. The Morgan fingerprint density at radius 1 is 1.26 bits per heavy atom. The number of nitro groups is 1. The molecule has 0 radical (unpaired) electrons. The zero-order chi connectivity index (χ0) is 14.3. The van der Waals surface area contributed by atoms with Crippen LogP contribution in [-0.4, -0.2) is 9.92 Å². The Labute approximate surface area is 120 Å². The molecule has 0 bridgehead atoms. The van der Waals surface area contributed by atoms with Crippen molar-refractivity contribution >= 4 is 11.6 Å². The van der Waals surface area contributed by atoms with E-state index in [1.165, 1.54) is 12.8 Å². The van der Waals surface area contributed by atoms with E-state index in [0.717, 1.165) is 12.8 Å². The standard InChI is InChI=1S/C15H24ClNO2/c1-10-11-8-14(11)12(2,3)6-5-7-13(14,4)9-15(10,16)17(18)19/h10-11H,5-9H2,1-4H3/t10-,11-,13-,14-,15-/m0/s1. The molecule has 0 aromatic rings. The van der Waals surface area contributed by atoms with Crippen LogP contribution in [0, 0.1) is 38.2 Å². The molecular formula is C15H24ClNO2. The highest BCUT2D eigenvalue weighted by Gasteiger charge is 2.80. The molecule has 0 aromatic heterocycles. The van der Waals surface area contributed by atoms with E-state index in [1.807, 2.05) is 6.92 Å². The van der Waals surface area contributed by atoms with Gasteiger partial charge in [0.2, 0.25) is 0 Å². The zero-order valence-electron chi connectivity index (χ0n) is 12.3. The minimum atomic E-state index is -1.24. The molecule has 5 atom stereocenters. The molecule has 3 rings (SSSR count). The van der Waals surface area contributed by atoms with Crippen LogP contribution in [-0.2, 0) is 0 Å². The van der Waals surface area contributed by atoms with Crippen molar-refractivity contribution in [1.82, 2.24) is 0 Å². The summed E-state index contributed by atoms with van der Waals surface area (Å²) in [5, 5.41) is 11.5. The van der Waals surface area contributed by atoms with E-state index in [4.69, 9.17) is 11.6 Å². The second kappa shape index (κ2) is 3.47. The number of nitrogens with zero attached hydrogens (tertiary/aromatic N) is 1. The largest absolute Gasteiger partial charge is 0.298 e. The third kappa shape index (κ3) is 1.36. The molecule has 0 saturated heterocycles. The number of rotatable bonds is 1. The summed E-state index contributed by atoms with van der Waals surface area (Å²) in [5.41, 5.74) is 0.639. The maximum atomic E-state index is 11.5. The van der Waals surface area contributed by atoms with Crippen molar-refractivity contribution in [2.45, 2.75) is 64.8 Å². The van der Waals surface area contributed by atoms with E-state index in [9.17, 15) is 10.1 Å². The Kier molecular flexibility index (Phi) is 2.49. The zero-order valence-corrected chi connectivity index (χ0v) is 13.1. The second-order valence-corrected chi connectivity index (χ2v) is 8.78. The maximum absolute atomic E-state index is 11.5. The molecule has 0 aromatic carbocycles. The van der Waals surface area contributed by atoms with Crippen molar-refractivity contribution in [3.63, 3.8) is 0 Å². The molecule has 108 valence electrons. The first kappa shape index (κ1) is 13.7. The summed E-state index contributed by atoms with van der Waals surface area (Å²) < 4.78 is 0. The molecule has 3 aliphatic carbocycles. The number of alkyl halides is 1. The van der Waals surface area contributed by atoms with E-state index < -0.39 is 5.00 Å². The molecule has 0 N–H and O–H groups in total. The molecule has 0 amide bonds. The maximum Gasteiger partial charge on any atom is 0.298 e. The molecular weight excluding hydrogens is 262 g/mol. The van der Waals surface area contributed by atoms with Crippen LogP contribution in [0.15, 0.2) is 0 Å². The lowest BCUT2D eigenvalue weighted by molar-refractivity contribution is -0.562. The second-order valence-electron chi connectivity index (χ2n) is 8.12. The summed E-state index contributed by atoms with van der Waals surface area (Å²) in [6.07, 6.45) is 5.20. The summed E-state index contributed by atoms with van der Waals surface area (Å²) in [6.45, 7) is 8.99. The average molecular weight is 286 g/mol. The van der Waals surface area contributed by atoms with E-state index in [0.29, 0.717) is 23.2 Å². The van der Waals surface area contributed by atoms with Crippen LogP contribution < -0.4 is 0 Å². The Balaban J connectivity index is 2.07. The smallest absolute Gasteiger partial charge is 0.263 e. The van der Waals surface area contributed by atoms with Crippen molar-refractivity contribution < 1.29 is 4.92 Å². The molecule has 3 fully saturated rings. The van der Waals surface area contributed by atoms with Gasteiger partial charge in [-0.25, -0.2) is 0 Å². The Bertz CT molecular complexity index is 451. The van der Waals surface area contributed by atoms with E-state index in [1.54, 1.807) is 0 Å². The Morgan fingerprint density at radius 3 is 2.47 bits per heavy atom. The van der Waals surface area contributed by atoms with Gasteiger partial charge in [-0.3, -0.25) is 10.1 Å². The molecule has 0 aliphatic heterocycles. The SMILES string of the molecule is C[C@H]1[C@@H]2C[C@@]23C(C)(C)CCC[C@@]3(C)C[C@]1(Cl)[N+](=O)[O-]. The van der Waals surface area contributed by atoms with Crippen LogP contribution in [0.3, 0.4) is 0 Å². The summed E-state index contributed by atoms with van der Waals surface area (Å²) in [6, 6.07) is 0. The van der Waals surface area contributed by atoms with Crippen LogP contribution in [0.25, 0.3) is 0 Å². The fourth-order valence-corrected chi connectivity index (χ4v) is 6.49. The molecule has 19 heavy (non-hydrogen) atoms. The lowest BCUT2D eigenvalue weighted by atomic mass is 9.48. The fraction of sp³-hybridized carbons (Fsp3) is 1.00. The van der Waals surface area contributed by atoms with Gasteiger partial charge in [-0.2, -0.15) is 0 Å². The van der Waals surface area contributed by atoms with Crippen molar-refractivity contribution in [3.05, 3.63) is 10.1 Å². The van der Waals surface area contributed by atoms with E-state index >= 15 is 0 Å². The highest BCUT2D eigenvalue weighted by molar-refractivity contribution is 6.23. The van der Waals surface area contributed by atoms with Crippen molar-refractivity contribution in [1.29, 1.82) is 0 Å². The van der Waals surface area contributed by atoms with Gasteiger partial charge in [-0.1, -0.05) is 34.1 Å². The van der Waals surface area contributed by atoms with Gasteiger partial charge < -0.3 is 0 Å². The molecule has 4 heteroatoms.